The second-order valence-electron chi connectivity index (χ2n) is 8.33. The van der Waals surface area contributed by atoms with Gasteiger partial charge in [-0.05, 0) is 81.1 Å². The van der Waals surface area contributed by atoms with Crippen molar-refractivity contribution >= 4 is 17.2 Å². The van der Waals surface area contributed by atoms with Gasteiger partial charge in [-0.25, -0.2) is 9.97 Å². The normalized spacial score (nSPS) is 11.5. The minimum absolute atomic E-state index is 0.0836. The second kappa shape index (κ2) is 12.7. The summed E-state index contributed by atoms with van der Waals surface area (Å²) in [6, 6.07) is 15.4. The summed E-state index contributed by atoms with van der Waals surface area (Å²) in [7, 11) is 0. The Morgan fingerprint density at radius 2 is 1.64 bits per heavy atom. The molecular formula is C27H31N5O3S. The number of aromatic amines is 1. The van der Waals surface area contributed by atoms with Gasteiger partial charge in [-0.2, -0.15) is 0 Å². The summed E-state index contributed by atoms with van der Waals surface area (Å²) in [5.41, 5.74) is 8.38. The third-order valence-electron chi connectivity index (χ3n) is 5.66. The van der Waals surface area contributed by atoms with Gasteiger partial charge in [0.1, 0.15) is 17.3 Å². The lowest BCUT2D eigenvalue weighted by Crippen LogP contribution is -2.12. The quantitative estimate of drug-likeness (QED) is 0.0741. The summed E-state index contributed by atoms with van der Waals surface area (Å²) >= 11 is 1.75. The number of aryl methyl sites for hydroxylation is 3. The number of hydrogen-bond donors (Lipinski definition) is 3. The number of oxime groups is 1. The van der Waals surface area contributed by atoms with Gasteiger partial charge >= 0.3 is 0 Å². The highest BCUT2D eigenvalue weighted by molar-refractivity contribution is 7.12. The molecule has 36 heavy (non-hydrogen) atoms. The molecule has 0 amide bonds. The molecule has 0 saturated heterocycles. The van der Waals surface area contributed by atoms with Crippen LogP contribution in [0.4, 0.5) is 0 Å². The van der Waals surface area contributed by atoms with Crippen LogP contribution >= 0.6 is 11.3 Å². The van der Waals surface area contributed by atoms with Crippen LogP contribution in [0.15, 0.2) is 66.1 Å². The van der Waals surface area contributed by atoms with Crippen LogP contribution in [0.25, 0.3) is 11.3 Å². The minimum Gasteiger partial charge on any atom is -0.494 e. The zero-order valence-corrected chi connectivity index (χ0v) is 21.1. The van der Waals surface area contributed by atoms with E-state index in [4.69, 9.17) is 25.4 Å². The maximum absolute atomic E-state index is 8.71. The number of H-pyrrole nitrogens is 1. The first-order valence-corrected chi connectivity index (χ1v) is 12.8. The Labute approximate surface area is 214 Å². The molecule has 8 nitrogen and oxygen atoms in total. The van der Waals surface area contributed by atoms with Gasteiger partial charge in [0.25, 0.3) is 0 Å². The van der Waals surface area contributed by atoms with Crippen LogP contribution in [0.2, 0.25) is 0 Å². The molecule has 0 spiro atoms. The number of amidine groups is 1. The van der Waals surface area contributed by atoms with Gasteiger partial charge in [0, 0.05) is 34.8 Å². The molecule has 0 radical (unpaired) electrons. The minimum atomic E-state index is 0.0836. The number of nitrogens with zero attached hydrogens (tertiary/aromatic N) is 3. The summed E-state index contributed by atoms with van der Waals surface area (Å²) in [5, 5.41) is 12.8. The SMILES string of the molecule is Cc1nc(-c2ccc(OCCCCCOc3ccc(C(N)=NO)cc3)cc2)c(CCc2ncc[nH]2)s1. The largest absolute Gasteiger partial charge is 0.494 e. The van der Waals surface area contributed by atoms with Crippen LogP contribution in [-0.4, -0.2) is 39.2 Å². The summed E-state index contributed by atoms with van der Waals surface area (Å²) in [6.07, 6.45) is 8.33. The molecule has 0 aliphatic rings. The lowest BCUT2D eigenvalue weighted by atomic mass is 10.1. The van der Waals surface area contributed by atoms with Gasteiger partial charge in [0.05, 0.1) is 23.9 Å². The van der Waals surface area contributed by atoms with Crippen LogP contribution in [0.1, 0.15) is 40.5 Å². The maximum atomic E-state index is 8.71. The number of imidazole rings is 1. The van der Waals surface area contributed by atoms with Gasteiger partial charge in [0.2, 0.25) is 0 Å². The summed E-state index contributed by atoms with van der Waals surface area (Å²) < 4.78 is 11.7. The van der Waals surface area contributed by atoms with E-state index in [9.17, 15) is 0 Å². The molecule has 2 aromatic carbocycles. The highest BCUT2D eigenvalue weighted by Gasteiger charge is 2.12. The predicted octanol–water partition coefficient (Wildman–Crippen LogP) is 5.35. The fourth-order valence-corrected chi connectivity index (χ4v) is 4.74. The van der Waals surface area contributed by atoms with Crippen LogP contribution < -0.4 is 15.2 Å². The van der Waals surface area contributed by atoms with E-state index in [2.05, 4.69) is 27.3 Å². The number of nitrogens with two attached hydrogens (primary N) is 1. The molecular weight excluding hydrogens is 474 g/mol. The average molecular weight is 506 g/mol. The molecule has 2 aromatic heterocycles. The molecule has 0 aliphatic carbocycles. The van der Waals surface area contributed by atoms with Crippen LogP contribution in [0, 0.1) is 6.92 Å². The lowest BCUT2D eigenvalue weighted by molar-refractivity contribution is 0.279. The molecule has 4 rings (SSSR count). The Bertz CT molecular complexity index is 1240. The Morgan fingerprint density at radius 3 is 2.25 bits per heavy atom. The molecule has 0 aliphatic heterocycles. The third kappa shape index (κ3) is 7.08. The van der Waals surface area contributed by atoms with Crippen molar-refractivity contribution in [1.29, 1.82) is 0 Å². The van der Waals surface area contributed by atoms with Gasteiger partial charge in [-0.15, -0.1) is 11.3 Å². The predicted molar refractivity (Wildman–Crippen MR) is 142 cm³/mol. The van der Waals surface area contributed by atoms with Crippen molar-refractivity contribution in [2.45, 2.75) is 39.0 Å². The van der Waals surface area contributed by atoms with Gasteiger partial charge in [-0.3, -0.25) is 0 Å². The van der Waals surface area contributed by atoms with Crippen molar-refractivity contribution in [2.75, 3.05) is 13.2 Å². The number of rotatable bonds is 13. The van der Waals surface area contributed by atoms with E-state index in [0.29, 0.717) is 18.8 Å². The number of aromatic nitrogens is 3. The molecule has 0 saturated carbocycles. The van der Waals surface area contributed by atoms with Gasteiger partial charge in [0.15, 0.2) is 5.84 Å². The topological polar surface area (TPSA) is 119 Å². The lowest BCUT2D eigenvalue weighted by Gasteiger charge is -2.09. The number of ether oxygens (including phenoxy) is 2. The standard InChI is InChI=1S/C27H31N5O3S/c1-19-31-26(24(36-19)13-14-25-29-15-16-30-25)20-5-9-22(10-6-20)34-17-3-2-4-18-35-23-11-7-21(8-12-23)27(28)32-33/h5-12,15-16,33H,2-4,13-14,17-18H2,1H3,(H2,28,32)(H,29,30). The number of thiazole rings is 1. The van der Waals surface area contributed by atoms with Crippen molar-refractivity contribution < 1.29 is 14.7 Å². The molecule has 0 fully saturated rings. The van der Waals surface area contributed by atoms with Crippen LogP contribution in [0.5, 0.6) is 11.5 Å². The van der Waals surface area contributed by atoms with Crippen molar-refractivity contribution in [1.82, 2.24) is 15.0 Å². The van der Waals surface area contributed by atoms with Crippen molar-refractivity contribution in [3.05, 3.63) is 82.2 Å². The first-order chi connectivity index (χ1) is 17.6. The van der Waals surface area contributed by atoms with E-state index < -0.39 is 0 Å². The number of benzene rings is 2. The summed E-state index contributed by atoms with van der Waals surface area (Å²) in [5.74, 6) is 2.71. The number of unbranched alkanes of at least 4 members (excludes halogenated alkanes) is 2. The van der Waals surface area contributed by atoms with Crippen molar-refractivity contribution in [2.24, 2.45) is 10.9 Å². The highest BCUT2D eigenvalue weighted by atomic mass is 32.1. The highest BCUT2D eigenvalue weighted by Crippen LogP contribution is 2.30. The van der Waals surface area contributed by atoms with Crippen LogP contribution in [-0.2, 0) is 12.8 Å². The molecule has 188 valence electrons. The molecule has 2 heterocycles. The average Bonchev–Trinajstić information content (AvgIpc) is 3.56. The zero-order valence-electron chi connectivity index (χ0n) is 20.3. The molecule has 0 unspecified atom stereocenters. The van der Waals surface area contributed by atoms with Gasteiger partial charge in [-0.1, -0.05) is 5.16 Å². The fourth-order valence-electron chi connectivity index (χ4n) is 3.78. The second-order valence-corrected chi connectivity index (χ2v) is 9.62. The molecule has 9 heteroatoms. The van der Waals surface area contributed by atoms with E-state index in [1.807, 2.05) is 37.4 Å². The smallest absolute Gasteiger partial charge is 0.170 e. The number of hydrogen-bond acceptors (Lipinski definition) is 7. The summed E-state index contributed by atoms with van der Waals surface area (Å²) in [6.45, 7) is 3.35. The molecule has 4 N–H and O–H groups in total. The molecule has 0 bridgehead atoms. The Kier molecular flexibility index (Phi) is 8.93. The van der Waals surface area contributed by atoms with Crippen LogP contribution in [0.3, 0.4) is 0 Å². The first-order valence-electron chi connectivity index (χ1n) is 12.0. The van der Waals surface area contributed by atoms with Crippen molar-refractivity contribution in [3.8, 4) is 22.8 Å². The molecule has 4 aromatic rings. The summed E-state index contributed by atoms with van der Waals surface area (Å²) in [4.78, 5) is 13.5. The van der Waals surface area contributed by atoms with E-state index in [-0.39, 0.29) is 5.84 Å². The first kappa shape index (κ1) is 25.2. The monoisotopic (exact) mass is 505 g/mol. The Hall–Kier alpha value is -3.85. The van der Waals surface area contributed by atoms with E-state index in [0.717, 1.165) is 65.7 Å². The van der Waals surface area contributed by atoms with E-state index in [1.165, 1.54) is 4.88 Å². The molecule has 0 atom stereocenters. The van der Waals surface area contributed by atoms with E-state index >= 15 is 0 Å². The Balaban J connectivity index is 1.16. The maximum Gasteiger partial charge on any atom is 0.170 e. The van der Waals surface area contributed by atoms with Crippen molar-refractivity contribution in [3.63, 3.8) is 0 Å². The van der Waals surface area contributed by atoms with Gasteiger partial charge < -0.3 is 25.4 Å². The Morgan fingerprint density at radius 1 is 0.972 bits per heavy atom. The zero-order chi connectivity index (χ0) is 25.2. The number of nitrogens with one attached hydrogen (secondary N) is 1. The fraction of sp³-hybridized carbons (Fsp3) is 0.296. The third-order valence-corrected chi connectivity index (χ3v) is 6.69. The van der Waals surface area contributed by atoms with E-state index in [1.54, 1.807) is 29.7 Å².